The van der Waals surface area contributed by atoms with E-state index in [1.54, 1.807) is 11.9 Å². The van der Waals surface area contributed by atoms with Crippen molar-refractivity contribution in [3.8, 4) is 0 Å². The van der Waals surface area contributed by atoms with E-state index in [9.17, 15) is 9.59 Å². The minimum atomic E-state index is 0.0510. The first-order chi connectivity index (χ1) is 6.22. The summed E-state index contributed by atoms with van der Waals surface area (Å²) < 4.78 is 0. The molecular formula is C11H21NO2. The molecule has 0 aliphatic carbocycles. The quantitative estimate of drug-likeness (QED) is 0.693. The fraction of sp³-hybridized carbons (Fsp3) is 0.818. The smallest absolute Gasteiger partial charge is 0.222 e. The number of hydrogen-bond acceptors (Lipinski definition) is 2. The zero-order chi connectivity index (χ0) is 11.4. The van der Waals surface area contributed by atoms with Crippen LogP contribution in [0.15, 0.2) is 0 Å². The van der Waals surface area contributed by atoms with Gasteiger partial charge in [-0.3, -0.25) is 4.79 Å². The Kier molecular flexibility index (Phi) is 4.81. The Balaban J connectivity index is 3.94. The minimum absolute atomic E-state index is 0.0510. The monoisotopic (exact) mass is 199 g/mol. The molecule has 0 heterocycles. The molecule has 0 aromatic heterocycles. The highest BCUT2D eigenvalue weighted by atomic mass is 16.2. The summed E-state index contributed by atoms with van der Waals surface area (Å²) in [6.45, 7) is 8.49. The van der Waals surface area contributed by atoms with Crippen LogP contribution in [0.5, 0.6) is 0 Å². The van der Waals surface area contributed by atoms with Crippen LogP contribution < -0.4 is 0 Å². The van der Waals surface area contributed by atoms with Crippen molar-refractivity contribution < 1.29 is 9.59 Å². The summed E-state index contributed by atoms with van der Waals surface area (Å²) in [6, 6.07) is 0. The van der Waals surface area contributed by atoms with Crippen LogP contribution in [-0.2, 0) is 9.59 Å². The van der Waals surface area contributed by atoms with Crippen LogP contribution in [-0.4, -0.2) is 30.2 Å². The van der Waals surface area contributed by atoms with Crippen LogP contribution in [0.3, 0.4) is 0 Å². The summed E-state index contributed by atoms with van der Waals surface area (Å²) in [5.41, 5.74) is 0.112. The topological polar surface area (TPSA) is 37.4 Å². The van der Waals surface area contributed by atoms with Crippen molar-refractivity contribution in [2.75, 3.05) is 13.6 Å². The van der Waals surface area contributed by atoms with Crippen molar-refractivity contribution in [2.24, 2.45) is 5.41 Å². The van der Waals surface area contributed by atoms with Gasteiger partial charge in [0.25, 0.3) is 0 Å². The number of ketones is 1. The van der Waals surface area contributed by atoms with Gasteiger partial charge in [0.2, 0.25) is 5.91 Å². The van der Waals surface area contributed by atoms with E-state index in [1.807, 2.05) is 0 Å². The summed E-state index contributed by atoms with van der Waals surface area (Å²) >= 11 is 0. The normalized spacial score (nSPS) is 11.2. The molecule has 0 aromatic carbocycles. The summed E-state index contributed by atoms with van der Waals surface area (Å²) in [4.78, 5) is 23.9. The molecule has 0 aliphatic heterocycles. The predicted molar refractivity (Wildman–Crippen MR) is 57.0 cm³/mol. The highest BCUT2D eigenvalue weighted by Gasteiger charge is 2.17. The molecule has 0 N–H and O–H groups in total. The van der Waals surface area contributed by atoms with E-state index in [1.165, 1.54) is 6.92 Å². The van der Waals surface area contributed by atoms with Gasteiger partial charge in [-0.2, -0.15) is 0 Å². The van der Waals surface area contributed by atoms with Gasteiger partial charge < -0.3 is 9.69 Å². The highest BCUT2D eigenvalue weighted by molar-refractivity contribution is 5.83. The van der Waals surface area contributed by atoms with Gasteiger partial charge in [-0.05, 0) is 12.3 Å². The van der Waals surface area contributed by atoms with Crippen molar-refractivity contribution >= 4 is 11.7 Å². The molecule has 82 valence electrons. The Morgan fingerprint density at radius 1 is 1.14 bits per heavy atom. The number of carbonyl (C=O) groups is 2. The molecule has 1 amide bonds. The van der Waals surface area contributed by atoms with Gasteiger partial charge in [0.05, 0.1) is 0 Å². The van der Waals surface area contributed by atoms with E-state index < -0.39 is 0 Å². The summed E-state index contributed by atoms with van der Waals surface area (Å²) in [5.74, 6) is 0.123. The molecule has 0 bridgehead atoms. The third-order valence-corrected chi connectivity index (χ3v) is 1.83. The lowest BCUT2D eigenvalue weighted by Gasteiger charge is -2.26. The molecule has 3 nitrogen and oxygen atoms in total. The lowest BCUT2D eigenvalue weighted by molar-refractivity contribution is -0.132. The fourth-order valence-corrected chi connectivity index (χ4v) is 1.27. The molecule has 3 heteroatoms. The molecule has 0 rings (SSSR count). The first kappa shape index (κ1) is 13.1. The van der Waals surface area contributed by atoms with E-state index in [0.29, 0.717) is 12.8 Å². The maximum absolute atomic E-state index is 11.5. The van der Waals surface area contributed by atoms with E-state index in [-0.39, 0.29) is 17.1 Å². The van der Waals surface area contributed by atoms with E-state index >= 15 is 0 Å². The Bertz CT molecular complexity index is 216. The Hall–Kier alpha value is -0.860. The zero-order valence-corrected chi connectivity index (χ0v) is 9.89. The molecule has 0 radical (unpaired) electrons. The van der Waals surface area contributed by atoms with Crippen LogP contribution >= 0.6 is 0 Å². The highest BCUT2D eigenvalue weighted by Crippen LogP contribution is 2.14. The number of Topliss-reactive ketones (excluding diaryl/α,β-unsaturated/α-hetero) is 1. The molecule has 0 unspecified atom stereocenters. The molecule has 0 aliphatic rings. The maximum Gasteiger partial charge on any atom is 0.222 e. The fourth-order valence-electron chi connectivity index (χ4n) is 1.27. The van der Waals surface area contributed by atoms with Crippen LogP contribution in [0.25, 0.3) is 0 Å². The third kappa shape index (κ3) is 6.63. The van der Waals surface area contributed by atoms with Crippen molar-refractivity contribution in [1.82, 2.24) is 4.90 Å². The van der Waals surface area contributed by atoms with Gasteiger partial charge in [-0.1, -0.05) is 20.8 Å². The third-order valence-electron chi connectivity index (χ3n) is 1.83. The minimum Gasteiger partial charge on any atom is -0.345 e. The van der Waals surface area contributed by atoms with Crippen LogP contribution in [0.1, 0.15) is 40.5 Å². The lowest BCUT2D eigenvalue weighted by Crippen LogP contribution is -2.34. The van der Waals surface area contributed by atoms with Gasteiger partial charge >= 0.3 is 0 Å². The Labute approximate surface area is 86.5 Å². The van der Waals surface area contributed by atoms with Crippen LogP contribution in [0.2, 0.25) is 0 Å². The Morgan fingerprint density at radius 2 is 1.64 bits per heavy atom. The number of hydrogen-bond donors (Lipinski definition) is 0. The van der Waals surface area contributed by atoms with Crippen molar-refractivity contribution in [2.45, 2.75) is 40.5 Å². The summed E-state index contributed by atoms with van der Waals surface area (Å²) in [5, 5.41) is 0. The molecule has 0 fully saturated rings. The van der Waals surface area contributed by atoms with E-state index in [2.05, 4.69) is 20.8 Å². The van der Waals surface area contributed by atoms with Gasteiger partial charge in [-0.25, -0.2) is 0 Å². The number of amides is 1. The molecule has 0 spiro atoms. The average molecular weight is 199 g/mol. The van der Waals surface area contributed by atoms with Crippen molar-refractivity contribution in [3.63, 3.8) is 0 Å². The first-order valence-electron chi connectivity index (χ1n) is 4.96. The number of carbonyl (C=O) groups excluding carboxylic acids is 2. The zero-order valence-electron chi connectivity index (χ0n) is 9.89. The second-order valence-electron chi connectivity index (χ2n) is 5.01. The van der Waals surface area contributed by atoms with Gasteiger partial charge in [0.15, 0.2) is 0 Å². The van der Waals surface area contributed by atoms with Crippen molar-refractivity contribution in [1.29, 1.82) is 0 Å². The van der Waals surface area contributed by atoms with Gasteiger partial charge in [0.1, 0.15) is 5.78 Å². The largest absolute Gasteiger partial charge is 0.345 e. The lowest BCUT2D eigenvalue weighted by atomic mass is 9.96. The molecular weight excluding hydrogens is 178 g/mol. The second kappa shape index (κ2) is 5.13. The molecule has 0 saturated carbocycles. The van der Waals surface area contributed by atoms with Crippen LogP contribution in [0, 0.1) is 5.41 Å². The molecule has 0 atom stereocenters. The second-order valence-corrected chi connectivity index (χ2v) is 5.01. The average Bonchev–Trinajstić information content (AvgIpc) is 1.96. The molecule has 0 aromatic rings. The predicted octanol–water partition coefficient (Wildman–Crippen LogP) is 1.86. The Morgan fingerprint density at radius 3 is 2.00 bits per heavy atom. The summed E-state index contributed by atoms with van der Waals surface area (Å²) in [6.07, 6.45) is 0.690. The van der Waals surface area contributed by atoms with Gasteiger partial charge in [0, 0.05) is 26.4 Å². The standard InChI is InChI=1S/C11H21NO2/c1-9(13)6-7-10(14)12(5)8-11(2,3)4/h6-8H2,1-5H3. The first-order valence-corrected chi connectivity index (χ1v) is 4.96. The maximum atomic E-state index is 11.5. The number of rotatable bonds is 4. The van der Waals surface area contributed by atoms with E-state index in [0.717, 1.165) is 6.54 Å². The molecule has 0 saturated heterocycles. The van der Waals surface area contributed by atoms with Crippen LogP contribution in [0.4, 0.5) is 0 Å². The van der Waals surface area contributed by atoms with Crippen molar-refractivity contribution in [3.05, 3.63) is 0 Å². The number of nitrogens with zero attached hydrogens (tertiary/aromatic N) is 1. The molecule has 14 heavy (non-hydrogen) atoms. The summed E-state index contributed by atoms with van der Waals surface area (Å²) in [7, 11) is 1.79. The SMILES string of the molecule is CC(=O)CCC(=O)N(C)CC(C)(C)C. The van der Waals surface area contributed by atoms with Gasteiger partial charge in [-0.15, -0.1) is 0 Å². The van der Waals surface area contributed by atoms with E-state index in [4.69, 9.17) is 0 Å².